The summed E-state index contributed by atoms with van der Waals surface area (Å²) in [5.41, 5.74) is 3.18. The first-order chi connectivity index (χ1) is 11.8. The second kappa shape index (κ2) is 7.37. The van der Waals surface area contributed by atoms with Gasteiger partial charge in [-0.2, -0.15) is 0 Å². The quantitative estimate of drug-likeness (QED) is 0.650. The Kier molecular flexibility index (Phi) is 4.81. The van der Waals surface area contributed by atoms with Crippen molar-refractivity contribution in [3.05, 3.63) is 72.1 Å². The average molecular weight is 320 g/mol. The maximum atomic E-state index is 11.2. The number of aromatic nitrogens is 2. The third kappa shape index (κ3) is 3.76. The van der Waals surface area contributed by atoms with E-state index >= 15 is 0 Å². The molecular formula is C19H16N2O3. The number of rotatable bonds is 6. The maximum absolute atomic E-state index is 11.2. The summed E-state index contributed by atoms with van der Waals surface area (Å²) in [4.78, 5) is 19.4. The van der Waals surface area contributed by atoms with Crippen LogP contribution in [0.1, 0.15) is 15.9 Å². The molecule has 0 saturated carbocycles. The van der Waals surface area contributed by atoms with Gasteiger partial charge in [0.05, 0.1) is 7.11 Å². The van der Waals surface area contributed by atoms with Gasteiger partial charge in [0.25, 0.3) is 0 Å². The van der Waals surface area contributed by atoms with Crippen molar-refractivity contribution in [3.8, 4) is 22.9 Å². The van der Waals surface area contributed by atoms with E-state index in [1.54, 1.807) is 24.5 Å². The number of hydrogen-bond donors (Lipinski definition) is 0. The highest BCUT2D eigenvalue weighted by Crippen LogP contribution is 2.26. The fraction of sp³-hybridized carbons (Fsp3) is 0.105. The van der Waals surface area contributed by atoms with Crippen LogP contribution in [0, 0.1) is 0 Å². The molecule has 2 aromatic carbocycles. The van der Waals surface area contributed by atoms with Crippen LogP contribution >= 0.6 is 0 Å². The number of carbonyl (C=O) groups excluding carboxylic acids is 1. The van der Waals surface area contributed by atoms with E-state index in [9.17, 15) is 4.79 Å². The largest absolute Gasteiger partial charge is 0.489 e. The Bertz CT molecular complexity index is 818. The van der Waals surface area contributed by atoms with E-state index in [0.717, 1.165) is 23.0 Å². The number of ether oxygens (including phenoxy) is 2. The zero-order chi connectivity index (χ0) is 16.8. The van der Waals surface area contributed by atoms with Crippen LogP contribution in [0.4, 0.5) is 0 Å². The molecule has 0 amide bonds. The molecule has 120 valence electrons. The van der Waals surface area contributed by atoms with Gasteiger partial charge in [-0.25, -0.2) is 9.97 Å². The first kappa shape index (κ1) is 15.7. The van der Waals surface area contributed by atoms with Gasteiger partial charge in [0.1, 0.15) is 18.6 Å². The molecule has 3 aromatic rings. The van der Waals surface area contributed by atoms with E-state index in [2.05, 4.69) is 9.97 Å². The van der Waals surface area contributed by atoms with E-state index in [1.807, 2.05) is 36.4 Å². The van der Waals surface area contributed by atoms with Gasteiger partial charge >= 0.3 is 6.01 Å². The number of aldehydes is 1. The molecule has 0 unspecified atom stereocenters. The van der Waals surface area contributed by atoms with Gasteiger partial charge in [0.2, 0.25) is 0 Å². The lowest BCUT2D eigenvalue weighted by atomic mass is 10.1. The van der Waals surface area contributed by atoms with Crippen molar-refractivity contribution in [2.75, 3.05) is 7.11 Å². The first-order valence-corrected chi connectivity index (χ1v) is 7.42. The molecule has 0 atom stereocenters. The predicted molar refractivity (Wildman–Crippen MR) is 90.2 cm³/mol. The summed E-state index contributed by atoms with van der Waals surface area (Å²) in [7, 11) is 1.51. The highest BCUT2D eigenvalue weighted by atomic mass is 16.5. The summed E-state index contributed by atoms with van der Waals surface area (Å²) < 4.78 is 10.8. The molecular weight excluding hydrogens is 304 g/mol. The number of carbonyl (C=O) groups is 1. The summed E-state index contributed by atoms with van der Waals surface area (Å²) in [5, 5.41) is 0. The monoisotopic (exact) mass is 320 g/mol. The fourth-order valence-electron chi connectivity index (χ4n) is 2.25. The first-order valence-electron chi connectivity index (χ1n) is 7.42. The molecule has 0 spiro atoms. The predicted octanol–water partition coefficient (Wildman–Crippen LogP) is 3.54. The van der Waals surface area contributed by atoms with Crippen molar-refractivity contribution in [3.63, 3.8) is 0 Å². The molecule has 5 heteroatoms. The van der Waals surface area contributed by atoms with Crippen molar-refractivity contribution in [2.24, 2.45) is 0 Å². The summed E-state index contributed by atoms with van der Waals surface area (Å²) >= 11 is 0. The molecule has 0 aliphatic carbocycles. The van der Waals surface area contributed by atoms with Crippen LogP contribution in [-0.2, 0) is 6.61 Å². The maximum Gasteiger partial charge on any atom is 0.316 e. The van der Waals surface area contributed by atoms with Gasteiger partial charge in [-0.1, -0.05) is 30.3 Å². The lowest BCUT2D eigenvalue weighted by Crippen LogP contribution is -1.97. The summed E-state index contributed by atoms with van der Waals surface area (Å²) in [6, 6.07) is 15.5. The minimum atomic E-state index is 0.297. The Morgan fingerprint density at radius 3 is 2.42 bits per heavy atom. The topological polar surface area (TPSA) is 61.3 Å². The van der Waals surface area contributed by atoms with Gasteiger partial charge < -0.3 is 9.47 Å². The van der Waals surface area contributed by atoms with E-state index in [0.29, 0.717) is 23.9 Å². The third-order valence-corrected chi connectivity index (χ3v) is 3.46. The summed E-state index contributed by atoms with van der Waals surface area (Å²) in [5.74, 6) is 0.620. The van der Waals surface area contributed by atoms with Crippen LogP contribution in [-0.4, -0.2) is 23.4 Å². The fourth-order valence-corrected chi connectivity index (χ4v) is 2.25. The Morgan fingerprint density at radius 2 is 1.75 bits per heavy atom. The summed E-state index contributed by atoms with van der Waals surface area (Å²) in [6.07, 6.45) is 4.09. The molecule has 0 N–H and O–H groups in total. The zero-order valence-corrected chi connectivity index (χ0v) is 13.2. The third-order valence-electron chi connectivity index (χ3n) is 3.46. The Morgan fingerprint density at radius 1 is 1.00 bits per heavy atom. The lowest BCUT2D eigenvalue weighted by molar-refractivity contribution is 0.112. The lowest BCUT2D eigenvalue weighted by Gasteiger charge is -2.10. The van der Waals surface area contributed by atoms with Crippen molar-refractivity contribution in [1.82, 2.24) is 9.97 Å². The SMILES string of the molecule is COc1ncc(-c2cc(C=O)cc(OCc3ccccc3)c2)cn1. The van der Waals surface area contributed by atoms with Crippen LogP contribution in [0.2, 0.25) is 0 Å². The van der Waals surface area contributed by atoms with Crippen LogP contribution in [0.15, 0.2) is 60.9 Å². The number of nitrogens with zero attached hydrogens (tertiary/aromatic N) is 2. The van der Waals surface area contributed by atoms with E-state index in [4.69, 9.17) is 9.47 Å². The average Bonchev–Trinajstić information content (AvgIpc) is 2.67. The Hall–Kier alpha value is -3.21. The van der Waals surface area contributed by atoms with Crippen molar-refractivity contribution >= 4 is 6.29 Å². The highest BCUT2D eigenvalue weighted by molar-refractivity contribution is 5.80. The van der Waals surface area contributed by atoms with Gasteiger partial charge in [0.15, 0.2) is 0 Å². The van der Waals surface area contributed by atoms with E-state index in [1.165, 1.54) is 7.11 Å². The molecule has 0 aliphatic heterocycles. The number of methoxy groups -OCH3 is 1. The molecule has 0 aliphatic rings. The van der Waals surface area contributed by atoms with Crippen LogP contribution in [0.3, 0.4) is 0 Å². The normalized spacial score (nSPS) is 10.2. The standard InChI is InChI=1S/C19H16N2O3/c1-23-19-20-10-17(11-21-19)16-7-15(12-22)8-18(9-16)24-13-14-5-3-2-4-6-14/h2-12H,13H2,1H3. The van der Waals surface area contributed by atoms with Gasteiger partial charge in [0, 0.05) is 23.5 Å². The smallest absolute Gasteiger partial charge is 0.316 e. The minimum absolute atomic E-state index is 0.297. The molecule has 1 aromatic heterocycles. The second-order valence-electron chi connectivity index (χ2n) is 5.14. The highest BCUT2D eigenvalue weighted by Gasteiger charge is 2.06. The van der Waals surface area contributed by atoms with Crippen molar-refractivity contribution < 1.29 is 14.3 Å². The summed E-state index contributed by atoms with van der Waals surface area (Å²) in [6.45, 7) is 0.432. The van der Waals surface area contributed by atoms with Crippen LogP contribution < -0.4 is 9.47 Å². The number of benzene rings is 2. The van der Waals surface area contributed by atoms with Gasteiger partial charge in [-0.05, 0) is 29.3 Å². The van der Waals surface area contributed by atoms with Crippen molar-refractivity contribution in [2.45, 2.75) is 6.61 Å². The molecule has 0 fully saturated rings. The van der Waals surface area contributed by atoms with Gasteiger partial charge in [-0.3, -0.25) is 4.79 Å². The van der Waals surface area contributed by atoms with E-state index < -0.39 is 0 Å². The van der Waals surface area contributed by atoms with Crippen LogP contribution in [0.5, 0.6) is 11.8 Å². The molecule has 0 saturated heterocycles. The molecule has 24 heavy (non-hydrogen) atoms. The molecule has 5 nitrogen and oxygen atoms in total. The van der Waals surface area contributed by atoms with Crippen LogP contribution in [0.25, 0.3) is 11.1 Å². The van der Waals surface area contributed by atoms with Gasteiger partial charge in [-0.15, -0.1) is 0 Å². The Balaban J connectivity index is 1.85. The second-order valence-corrected chi connectivity index (χ2v) is 5.14. The zero-order valence-electron chi connectivity index (χ0n) is 13.2. The minimum Gasteiger partial charge on any atom is -0.489 e. The van der Waals surface area contributed by atoms with Crippen molar-refractivity contribution in [1.29, 1.82) is 0 Å². The number of hydrogen-bond acceptors (Lipinski definition) is 5. The molecule has 1 heterocycles. The molecule has 3 rings (SSSR count). The molecule has 0 bridgehead atoms. The molecule has 0 radical (unpaired) electrons. The van der Waals surface area contributed by atoms with E-state index in [-0.39, 0.29) is 0 Å². The Labute approximate surface area is 139 Å².